The molecule has 2 heterocycles. The zero-order valence-corrected chi connectivity index (χ0v) is 10.1. The van der Waals surface area contributed by atoms with E-state index < -0.39 is 0 Å². The second-order valence-corrected chi connectivity index (χ2v) is 4.02. The summed E-state index contributed by atoms with van der Waals surface area (Å²) in [7, 11) is 0. The van der Waals surface area contributed by atoms with Crippen LogP contribution in [0.25, 0.3) is 23.0 Å². The van der Waals surface area contributed by atoms with E-state index >= 15 is 0 Å². The van der Waals surface area contributed by atoms with Crippen molar-refractivity contribution in [2.75, 3.05) is 6.54 Å². The van der Waals surface area contributed by atoms with Crippen LogP contribution < -0.4 is 5.73 Å². The van der Waals surface area contributed by atoms with Gasteiger partial charge in [-0.15, -0.1) is 0 Å². The first-order chi connectivity index (χ1) is 9.36. The fourth-order valence-corrected chi connectivity index (χ4v) is 1.78. The molecule has 0 saturated carbocycles. The van der Waals surface area contributed by atoms with E-state index in [9.17, 15) is 0 Å². The van der Waals surface area contributed by atoms with Crippen LogP contribution in [0, 0.1) is 0 Å². The molecule has 0 aliphatic carbocycles. The molecule has 7 nitrogen and oxygen atoms in total. The molecule has 0 aliphatic rings. The van der Waals surface area contributed by atoms with Crippen molar-refractivity contribution in [3.63, 3.8) is 0 Å². The Morgan fingerprint density at radius 2 is 2.26 bits per heavy atom. The third kappa shape index (κ3) is 2.36. The molecule has 3 aromatic rings. The molecule has 0 saturated heterocycles. The van der Waals surface area contributed by atoms with Crippen molar-refractivity contribution in [3.05, 3.63) is 36.0 Å². The predicted octanol–water partition coefficient (Wildman–Crippen LogP) is 1.02. The van der Waals surface area contributed by atoms with Crippen LogP contribution >= 0.6 is 0 Å². The van der Waals surface area contributed by atoms with E-state index in [2.05, 4.69) is 25.6 Å². The molecule has 0 unspecified atom stereocenters. The first kappa shape index (κ1) is 11.5. The van der Waals surface area contributed by atoms with Crippen molar-refractivity contribution in [2.24, 2.45) is 5.73 Å². The number of hydrogen-bond acceptors (Lipinski definition) is 6. The number of rotatable bonds is 4. The minimum absolute atomic E-state index is 0.410. The lowest BCUT2D eigenvalue weighted by Crippen LogP contribution is -2.02. The van der Waals surface area contributed by atoms with E-state index in [-0.39, 0.29) is 0 Å². The Kier molecular flexibility index (Phi) is 3.03. The zero-order chi connectivity index (χ0) is 13.1. The SMILES string of the molecule is NCCc1cccc(-c2nc(-c3cn[nH]n3)no2)c1. The summed E-state index contributed by atoms with van der Waals surface area (Å²) in [5.41, 5.74) is 8.11. The summed E-state index contributed by atoms with van der Waals surface area (Å²) >= 11 is 0. The summed E-state index contributed by atoms with van der Waals surface area (Å²) in [6.45, 7) is 0.609. The molecule has 0 radical (unpaired) electrons. The van der Waals surface area contributed by atoms with Gasteiger partial charge in [0.25, 0.3) is 5.89 Å². The average Bonchev–Trinajstić information content (AvgIpc) is 3.11. The van der Waals surface area contributed by atoms with Crippen molar-refractivity contribution in [2.45, 2.75) is 6.42 Å². The monoisotopic (exact) mass is 256 g/mol. The van der Waals surface area contributed by atoms with Gasteiger partial charge in [0.2, 0.25) is 5.82 Å². The molecule has 0 spiro atoms. The molecule has 96 valence electrons. The molecule has 3 N–H and O–H groups in total. The molecule has 0 aliphatic heterocycles. The van der Waals surface area contributed by atoms with Crippen LogP contribution in [-0.4, -0.2) is 32.1 Å². The lowest BCUT2D eigenvalue weighted by atomic mass is 10.1. The van der Waals surface area contributed by atoms with Crippen LogP contribution in [0.3, 0.4) is 0 Å². The molecular weight excluding hydrogens is 244 g/mol. The van der Waals surface area contributed by atoms with E-state index in [1.165, 1.54) is 0 Å². The standard InChI is InChI=1S/C12H12N6O/c13-5-4-8-2-1-3-9(6-8)12-15-11(17-19-12)10-7-14-18-16-10/h1-3,6-7H,4-5,13H2,(H,14,16,18). The molecule has 0 amide bonds. The maximum Gasteiger partial charge on any atom is 0.258 e. The van der Waals surface area contributed by atoms with Gasteiger partial charge in [0, 0.05) is 5.56 Å². The number of H-pyrrole nitrogens is 1. The van der Waals surface area contributed by atoms with Gasteiger partial charge < -0.3 is 10.3 Å². The Labute approximate surface area is 108 Å². The summed E-state index contributed by atoms with van der Waals surface area (Å²) in [5.74, 6) is 0.866. The first-order valence-electron chi connectivity index (χ1n) is 5.86. The van der Waals surface area contributed by atoms with E-state index in [4.69, 9.17) is 10.3 Å². The van der Waals surface area contributed by atoms with Gasteiger partial charge in [-0.25, -0.2) is 0 Å². The number of hydrogen-bond donors (Lipinski definition) is 2. The topological polar surface area (TPSA) is 107 Å². The normalized spacial score (nSPS) is 10.8. The van der Waals surface area contributed by atoms with Gasteiger partial charge in [0.15, 0.2) is 5.69 Å². The molecule has 2 aromatic heterocycles. The Balaban J connectivity index is 1.92. The van der Waals surface area contributed by atoms with Gasteiger partial charge in [0.1, 0.15) is 0 Å². The lowest BCUT2D eigenvalue weighted by Gasteiger charge is -1.99. The Morgan fingerprint density at radius 1 is 1.32 bits per heavy atom. The van der Waals surface area contributed by atoms with Crippen LogP contribution in [-0.2, 0) is 6.42 Å². The fourth-order valence-electron chi connectivity index (χ4n) is 1.78. The largest absolute Gasteiger partial charge is 0.334 e. The minimum atomic E-state index is 0.410. The second kappa shape index (κ2) is 4.99. The Bertz CT molecular complexity index is 660. The maximum absolute atomic E-state index is 5.55. The highest BCUT2D eigenvalue weighted by Gasteiger charge is 2.12. The lowest BCUT2D eigenvalue weighted by molar-refractivity contribution is 0.432. The third-order valence-electron chi connectivity index (χ3n) is 2.68. The summed E-state index contributed by atoms with van der Waals surface area (Å²) in [4.78, 5) is 4.29. The Hall–Kier alpha value is -2.54. The number of nitrogens with two attached hydrogens (primary N) is 1. The van der Waals surface area contributed by atoms with Gasteiger partial charge in [-0.1, -0.05) is 17.3 Å². The average molecular weight is 256 g/mol. The second-order valence-electron chi connectivity index (χ2n) is 4.02. The van der Waals surface area contributed by atoms with Crippen LogP contribution in [0.4, 0.5) is 0 Å². The number of aromatic nitrogens is 5. The van der Waals surface area contributed by atoms with Crippen molar-refractivity contribution < 1.29 is 4.52 Å². The van der Waals surface area contributed by atoms with Crippen LogP contribution in [0.1, 0.15) is 5.56 Å². The van der Waals surface area contributed by atoms with E-state index in [0.717, 1.165) is 17.5 Å². The molecule has 7 heteroatoms. The van der Waals surface area contributed by atoms with Gasteiger partial charge in [0.05, 0.1) is 6.20 Å². The van der Waals surface area contributed by atoms with Gasteiger partial charge in [-0.3, -0.25) is 0 Å². The highest BCUT2D eigenvalue weighted by atomic mass is 16.5. The minimum Gasteiger partial charge on any atom is -0.334 e. The van der Waals surface area contributed by atoms with Gasteiger partial charge in [-0.2, -0.15) is 20.4 Å². The Morgan fingerprint density at radius 3 is 3.05 bits per heavy atom. The third-order valence-corrected chi connectivity index (χ3v) is 2.68. The van der Waals surface area contributed by atoms with Gasteiger partial charge >= 0.3 is 0 Å². The number of benzene rings is 1. The summed E-state index contributed by atoms with van der Waals surface area (Å²) in [6, 6.07) is 7.87. The van der Waals surface area contributed by atoms with Gasteiger partial charge in [-0.05, 0) is 30.7 Å². The van der Waals surface area contributed by atoms with Crippen molar-refractivity contribution in [3.8, 4) is 23.0 Å². The molecule has 0 bridgehead atoms. The predicted molar refractivity (Wildman–Crippen MR) is 67.9 cm³/mol. The smallest absolute Gasteiger partial charge is 0.258 e. The number of nitrogens with one attached hydrogen (secondary N) is 1. The summed E-state index contributed by atoms with van der Waals surface area (Å²) in [5, 5.41) is 14.0. The van der Waals surface area contributed by atoms with E-state index in [1.54, 1.807) is 6.20 Å². The van der Waals surface area contributed by atoms with Crippen LogP contribution in [0.2, 0.25) is 0 Å². The fraction of sp³-hybridized carbons (Fsp3) is 0.167. The summed E-state index contributed by atoms with van der Waals surface area (Å²) in [6.07, 6.45) is 2.36. The van der Waals surface area contributed by atoms with E-state index in [1.807, 2.05) is 24.3 Å². The van der Waals surface area contributed by atoms with Crippen LogP contribution in [0.15, 0.2) is 35.0 Å². The highest BCUT2D eigenvalue weighted by Crippen LogP contribution is 2.21. The van der Waals surface area contributed by atoms with E-state index in [0.29, 0.717) is 24.0 Å². The van der Waals surface area contributed by atoms with Crippen LogP contribution in [0.5, 0.6) is 0 Å². The highest BCUT2D eigenvalue weighted by molar-refractivity contribution is 5.57. The zero-order valence-electron chi connectivity index (χ0n) is 10.1. The van der Waals surface area contributed by atoms with Crippen molar-refractivity contribution in [1.82, 2.24) is 25.6 Å². The molecular formula is C12H12N6O. The summed E-state index contributed by atoms with van der Waals surface area (Å²) < 4.78 is 5.23. The molecule has 3 rings (SSSR count). The van der Waals surface area contributed by atoms with Crippen molar-refractivity contribution >= 4 is 0 Å². The molecule has 19 heavy (non-hydrogen) atoms. The molecule has 1 aromatic carbocycles. The first-order valence-corrected chi connectivity index (χ1v) is 5.86. The van der Waals surface area contributed by atoms with Crippen molar-refractivity contribution in [1.29, 1.82) is 0 Å². The number of aromatic amines is 1. The maximum atomic E-state index is 5.55. The molecule has 0 fully saturated rings. The number of nitrogens with zero attached hydrogens (tertiary/aromatic N) is 4. The quantitative estimate of drug-likeness (QED) is 0.721. The molecule has 0 atom stereocenters.